The van der Waals surface area contributed by atoms with Gasteiger partial charge in [-0.3, -0.25) is 9.88 Å². The first-order valence-electron chi connectivity index (χ1n) is 7.83. The zero-order valence-electron chi connectivity index (χ0n) is 13.2. The minimum Gasteiger partial charge on any atom is -0.475 e. The first kappa shape index (κ1) is 14.9. The Kier molecular flexibility index (Phi) is 4.63. The molecular formula is C17H22N4O. The van der Waals surface area contributed by atoms with Crippen LogP contribution in [0.15, 0.2) is 30.9 Å². The molecule has 0 unspecified atom stereocenters. The van der Waals surface area contributed by atoms with Gasteiger partial charge in [0, 0.05) is 44.0 Å². The van der Waals surface area contributed by atoms with Crippen LogP contribution in [-0.4, -0.2) is 39.0 Å². The molecule has 0 fully saturated rings. The average molecular weight is 298 g/mol. The highest BCUT2D eigenvalue weighted by molar-refractivity contribution is 5.31. The van der Waals surface area contributed by atoms with Crippen molar-refractivity contribution in [2.45, 2.75) is 39.3 Å². The lowest BCUT2D eigenvalue weighted by Gasteiger charge is -2.19. The molecule has 0 aromatic carbocycles. The molecule has 0 bridgehead atoms. The van der Waals surface area contributed by atoms with Crippen LogP contribution in [0.1, 0.15) is 30.7 Å². The van der Waals surface area contributed by atoms with Crippen LogP contribution in [0.5, 0.6) is 5.88 Å². The number of aromatic nitrogens is 3. The summed E-state index contributed by atoms with van der Waals surface area (Å²) in [5, 5.41) is 0. The molecule has 2 aromatic rings. The van der Waals surface area contributed by atoms with E-state index in [1.807, 2.05) is 26.2 Å². The van der Waals surface area contributed by atoms with Crippen LogP contribution in [0.25, 0.3) is 0 Å². The first-order valence-corrected chi connectivity index (χ1v) is 7.83. The van der Waals surface area contributed by atoms with E-state index in [-0.39, 0.29) is 6.10 Å². The summed E-state index contributed by atoms with van der Waals surface area (Å²) in [5.74, 6) is 0.755. The van der Waals surface area contributed by atoms with Crippen LogP contribution < -0.4 is 4.74 Å². The molecule has 5 nitrogen and oxygen atoms in total. The summed E-state index contributed by atoms with van der Waals surface area (Å²) in [6.45, 7) is 7.01. The topological polar surface area (TPSA) is 51.1 Å². The maximum Gasteiger partial charge on any atom is 0.220 e. The summed E-state index contributed by atoms with van der Waals surface area (Å²) < 4.78 is 5.84. The maximum absolute atomic E-state index is 5.84. The molecule has 3 heterocycles. The lowest BCUT2D eigenvalue weighted by atomic mass is 10.1. The predicted molar refractivity (Wildman–Crippen MR) is 84.7 cm³/mol. The van der Waals surface area contributed by atoms with Crippen molar-refractivity contribution in [1.29, 1.82) is 0 Å². The number of nitrogens with zero attached hydrogens (tertiary/aromatic N) is 4. The van der Waals surface area contributed by atoms with E-state index >= 15 is 0 Å². The number of rotatable bonds is 4. The van der Waals surface area contributed by atoms with Crippen LogP contribution in [-0.2, 0) is 19.4 Å². The molecule has 0 amide bonds. The van der Waals surface area contributed by atoms with Gasteiger partial charge < -0.3 is 4.74 Å². The fraction of sp³-hybridized carbons (Fsp3) is 0.471. The van der Waals surface area contributed by atoms with Gasteiger partial charge in [-0.25, -0.2) is 9.97 Å². The normalized spacial score (nSPS) is 15.4. The molecule has 0 saturated carbocycles. The Bertz CT molecular complexity index is 615. The van der Waals surface area contributed by atoms with Crippen molar-refractivity contribution in [3.05, 3.63) is 47.7 Å². The molecule has 0 saturated heterocycles. The predicted octanol–water partition coefficient (Wildman–Crippen LogP) is 2.26. The third-order valence-corrected chi connectivity index (χ3v) is 3.84. The molecule has 5 heteroatoms. The van der Waals surface area contributed by atoms with Gasteiger partial charge in [0.05, 0.1) is 11.8 Å². The summed E-state index contributed by atoms with van der Waals surface area (Å²) in [6.07, 6.45) is 7.33. The monoisotopic (exact) mass is 298 g/mol. The molecule has 0 atom stereocenters. The van der Waals surface area contributed by atoms with Gasteiger partial charge in [-0.1, -0.05) is 0 Å². The van der Waals surface area contributed by atoms with Crippen molar-refractivity contribution in [3.63, 3.8) is 0 Å². The van der Waals surface area contributed by atoms with E-state index in [0.29, 0.717) is 0 Å². The number of hydrogen-bond donors (Lipinski definition) is 0. The van der Waals surface area contributed by atoms with Crippen LogP contribution in [0.3, 0.4) is 0 Å². The second-order valence-corrected chi connectivity index (χ2v) is 5.90. The van der Waals surface area contributed by atoms with E-state index < -0.39 is 0 Å². The first-order chi connectivity index (χ1) is 10.7. The van der Waals surface area contributed by atoms with Gasteiger partial charge in [0.1, 0.15) is 6.33 Å². The van der Waals surface area contributed by atoms with Crippen LogP contribution >= 0.6 is 0 Å². The fourth-order valence-corrected chi connectivity index (χ4v) is 2.77. The van der Waals surface area contributed by atoms with Crippen LogP contribution in [0, 0.1) is 0 Å². The highest BCUT2D eigenvalue weighted by Gasteiger charge is 2.19. The van der Waals surface area contributed by atoms with E-state index in [1.165, 1.54) is 11.1 Å². The molecule has 22 heavy (non-hydrogen) atoms. The fourth-order valence-electron chi connectivity index (χ4n) is 2.77. The standard InChI is InChI=1S/C17H22N4O/c1-13(2)22-17-15-5-9-21(10-6-16(15)19-12-20-17)11-14-3-7-18-8-4-14/h3-4,7-8,12-13H,5-6,9-11H2,1-2H3. The SMILES string of the molecule is CC(C)Oc1ncnc2c1CCN(Cc1ccncc1)CC2. The Morgan fingerprint density at radius 3 is 2.68 bits per heavy atom. The third-order valence-electron chi connectivity index (χ3n) is 3.84. The van der Waals surface area contributed by atoms with E-state index in [1.54, 1.807) is 6.33 Å². The second-order valence-electron chi connectivity index (χ2n) is 5.90. The van der Waals surface area contributed by atoms with E-state index in [4.69, 9.17) is 4.74 Å². The van der Waals surface area contributed by atoms with E-state index in [2.05, 4.69) is 32.0 Å². The largest absolute Gasteiger partial charge is 0.475 e. The number of ether oxygens (including phenoxy) is 1. The molecule has 2 aromatic heterocycles. The minimum absolute atomic E-state index is 0.134. The molecular weight excluding hydrogens is 276 g/mol. The summed E-state index contributed by atoms with van der Waals surface area (Å²) in [4.78, 5) is 15.3. The van der Waals surface area contributed by atoms with Gasteiger partial charge in [0.2, 0.25) is 5.88 Å². The van der Waals surface area contributed by atoms with Crippen LogP contribution in [0.4, 0.5) is 0 Å². The van der Waals surface area contributed by atoms with Crippen molar-refractivity contribution >= 4 is 0 Å². The molecule has 0 aliphatic carbocycles. The van der Waals surface area contributed by atoms with E-state index in [9.17, 15) is 0 Å². The van der Waals surface area contributed by atoms with E-state index in [0.717, 1.165) is 44.0 Å². The Balaban J connectivity index is 1.72. The van der Waals surface area contributed by atoms with Gasteiger partial charge in [0.15, 0.2) is 0 Å². The summed E-state index contributed by atoms with van der Waals surface area (Å²) in [7, 11) is 0. The molecule has 1 aliphatic rings. The summed E-state index contributed by atoms with van der Waals surface area (Å²) in [6, 6.07) is 4.15. The molecule has 3 rings (SSSR count). The Labute approximate surface area is 131 Å². The third kappa shape index (κ3) is 3.60. The summed E-state index contributed by atoms with van der Waals surface area (Å²) >= 11 is 0. The highest BCUT2D eigenvalue weighted by atomic mass is 16.5. The lowest BCUT2D eigenvalue weighted by molar-refractivity contribution is 0.228. The molecule has 116 valence electrons. The van der Waals surface area contributed by atoms with Gasteiger partial charge >= 0.3 is 0 Å². The van der Waals surface area contributed by atoms with Crippen LogP contribution in [0.2, 0.25) is 0 Å². The molecule has 0 spiro atoms. The second kappa shape index (κ2) is 6.83. The Hall–Kier alpha value is -2.01. The maximum atomic E-state index is 5.84. The quantitative estimate of drug-likeness (QED) is 0.866. The lowest BCUT2D eigenvalue weighted by Crippen LogP contribution is -2.26. The van der Waals surface area contributed by atoms with Crippen molar-refractivity contribution in [3.8, 4) is 5.88 Å². The van der Waals surface area contributed by atoms with Crippen molar-refractivity contribution in [2.24, 2.45) is 0 Å². The zero-order chi connectivity index (χ0) is 15.4. The molecule has 0 radical (unpaired) electrons. The summed E-state index contributed by atoms with van der Waals surface area (Å²) in [5.41, 5.74) is 3.60. The smallest absolute Gasteiger partial charge is 0.220 e. The highest BCUT2D eigenvalue weighted by Crippen LogP contribution is 2.23. The minimum atomic E-state index is 0.134. The van der Waals surface area contributed by atoms with Gasteiger partial charge in [0.25, 0.3) is 0 Å². The van der Waals surface area contributed by atoms with Crippen molar-refractivity contribution < 1.29 is 4.74 Å². The Morgan fingerprint density at radius 1 is 1.14 bits per heavy atom. The van der Waals surface area contributed by atoms with Crippen molar-refractivity contribution in [1.82, 2.24) is 19.9 Å². The number of pyridine rings is 1. The van der Waals surface area contributed by atoms with Crippen molar-refractivity contribution in [2.75, 3.05) is 13.1 Å². The Morgan fingerprint density at radius 2 is 1.91 bits per heavy atom. The number of fused-ring (bicyclic) bond motifs is 1. The van der Waals surface area contributed by atoms with Gasteiger partial charge in [-0.15, -0.1) is 0 Å². The van der Waals surface area contributed by atoms with Gasteiger partial charge in [-0.2, -0.15) is 0 Å². The number of hydrogen-bond acceptors (Lipinski definition) is 5. The molecule has 1 aliphatic heterocycles. The average Bonchev–Trinajstić information content (AvgIpc) is 2.71. The zero-order valence-corrected chi connectivity index (χ0v) is 13.2. The molecule has 0 N–H and O–H groups in total. The van der Waals surface area contributed by atoms with Gasteiger partial charge in [-0.05, 0) is 38.0 Å².